The average molecular weight is 404 g/mol. The summed E-state index contributed by atoms with van der Waals surface area (Å²) in [6.07, 6.45) is 5.10. The molecule has 3 aromatic heterocycles. The van der Waals surface area contributed by atoms with Crippen LogP contribution in [0.3, 0.4) is 0 Å². The minimum absolute atomic E-state index is 0.286. The van der Waals surface area contributed by atoms with Gasteiger partial charge in [0.1, 0.15) is 5.82 Å². The average Bonchev–Trinajstić information content (AvgIpc) is 2.97. The number of aryl methyl sites for hydroxylation is 2. The highest BCUT2D eigenvalue weighted by Gasteiger charge is 2.20. The van der Waals surface area contributed by atoms with Crippen LogP contribution in [0, 0.1) is 19.7 Å². The van der Waals surface area contributed by atoms with Crippen molar-refractivity contribution in [1.82, 2.24) is 29.7 Å². The monoisotopic (exact) mass is 404 g/mol. The van der Waals surface area contributed by atoms with Crippen LogP contribution in [-0.4, -0.2) is 49.8 Å². The smallest absolute Gasteiger partial charge is 0.156 e. The van der Waals surface area contributed by atoms with Crippen molar-refractivity contribution in [2.45, 2.75) is 39.0 Å². The van der Waals surface area contributed by atoms with Gasteiger partial charge in [-0.15, -0.1) is 0 Å². The first-order valence-corrected chi connectivity index (χ1v) is 10.5. The molecule has 0 radical (unpaired) electrons. The standard InChI is InChI=1S/C23H25FN6/c1-14-9-21(28-30-13-15(2)25-23(14)30)17-10-19(24)18-12-20(26-27-22(18)11-17)16-5-4-7-29(3)8-6-16/h9-13,16H,4-8H2,1-3H3. The molecule has 154 valence electrons. The molecule has 1 aliphatic heterocycles. The van der Waals surface area contributed by atoms with Gasteiger partial charge >= 0.3 is 0 Å². The van der Waals surface area contributed by atoms with E-state index in [1.54, 1.807) is 10.6 Å². The lowest BCUT2D eigenvalue weighted by molar-refractivity contribution is 0.347. The zero-order chi connectivity index (χ0) is 20.8. The predicted octanol–water partition coefficient (Wildman–Crippen LogP) is 4.29. The second-order valence-electron chi connectivity index (χ2n) is 8.45. The maximum absolute atomic E-state index is 15.1. The minimum Gasteiger partial charge on any atom is -0.306 e. The van der Waals surface area contributed by atoms with E-state index in [2.05, 4.69) is 32.2 Å². The van der Waals surface area contributed by atoms with Gasteiger partial charge in [0.15, 0.2) is 5.65 Å². The Morgan fingerprint density at radius 2 is 1.90 bits per heavy atom. The van der Waals surface area contributed by atoms with Crippen LogP contribution >= 0.6 is 0 Å². The number of fused-ring (bicyclic) bond motifs is 2. The number of imidazole rings is 1. The van der Waals surface area contributed by atoms with Gasteiger partial charge in [-0.25, -0.2) is 13.9 Å². The summed E-state index contributed by atoms with van der Waals surface area (Å²) in [5, 5.41) is 14.0. The molecule has 0 aliphatic carbocycles. The first kappa shape index (κ1) is 19.1. The Labute approximate surface area is 174 Å². The minimum atomic E-state index is -0.286. The fraction of sp³-hybridized carbons (Fsp3) is 0.391. The van der Waals surface area contributed by atoms with Crippen molar-refractivity contribution in [3.63, 3.8) is 0 Å². The Morgan fingerprint density at radius 1 is 1.03 bits per heavy atom. The lowest BCUT2D eigenvalue weighted by Gasteiger charge is -2.14. The summed E-state index contributed by atoms with van der Waals surface area (Å²) in [6, 6.07) is 7.24. The number of hydrogen-bond acceptors (Lipinski definition) is 5. The van der Waals surface area contributed by atoms with Crippen molar-refractivity contribution < 1.29 is 4.39 Å². The van der Waals surface area contributed by atoms with E-state index >= 15 is 4.39 Å². The molecule has 6 nitrogen and oxygen atoms in total. The van der Waals surface area contributed by atoms with Crippen molar-refractivity contribution in [3.05, 3.63) is 53.2 Å². The molecule has 0 amide bonds. The summed E-state index contributed by atoms with van der Waals surface area (Å²) in [4.78, 5) is 6.82. The molecule has 7 heteroatoms. The molecule has 1 unspecified atom stereocenters. The Morgan fingerprint density at radius 3 is 2.77 bits per heavy atom. The van der Waals surface area contributed by atoms with E-state index in [0.717, 1.165) is 55.0 Å². The van der Waals surface area contributed by atoms with Crippen molar-refractivity contribution in [2.75, 3.05) is 20.1 Å². The molecular formula is C23H25FN6. The van der Waals surface area contributed by atoms with Crippen LogP contribution in [0.25, 0.3) is 27.8 Å². The normalized spacial score (nSPS) is 18.2. The van der Waals surface area contributed by atoms with E-state index < -0.39 is 0 Å². The lowest BCUT2D eigenvalue weighted by atomic mass is 9.95. The van der Waals surface area contributed by atoms with Gasteiger partial charge in [-0.3, -0.25) is 0 Å². The van der Waals surface area contributed by atoms with Crippen LogP contribution < -0.4 is 0 Å². The molecule has 0 saturated carbocycles. The summed E-state index contributed by atoms with van der Waals surface area (Å²) in [7, 11) is 2.15. The number of hydrogen-bond donors (Lipinski definition) is 0. The molecule has 4 aromatic rings. The molecule has 0 bridgehead atoms. The molecule has 1 fully saturated rings. The quantitative estimate of drug-likeness (QED) is 0.499. The fourth-order valence-electron chi connectivity index (χ4n) is 4.39. The predicted molar refractivity (Wildman–Crippen MR) is 115 cm³/mol. The number of rotatable bonds is 2. The molecule has 1 saturated heterocycles. The zero-order valence-corrected chi connectivity index (χ0v) is 17.6. The molecular weight excluding hydrogens is 379 g/mol. The highest BCUT2D eigenvalue weighted by atomic mass is 19.1. The SMILES string of the molecule is Cc1cn2nc(-c3cc(F)c4cc(C5CCCN(C)CC5)nnc4c3)cc(C)c2n1. The van der Waals surface area contributed by atoms with Gasteiger partial charge in [0.05, 0.1) is 28.8 Å². The Hall–Kier alpha value is -2.93. The van der Waals surface area contributed by atoms with Crippen LogP contribution in [-0.2, 0) is 0 Å². The Balaban J connectivity index is 1.54. The number of halogens is 1. The van der Waals surface area contributed by atoms with Gasteiger partial charge < -0.3 is 4.90 Å². The third kappa shape index (κ3) is 3.43. The summed E-state index contributed by atoms with van der Waals surface area (Å²) in [5.41, 5.74) is 5.54. The third-order valence-corrected chi connectivity index (χ3v) is 6.07. The van der Waals surface area contributed by atoms with Gasteiger partial charge in [-0.05, 0) is 83.1 Å². The van der Waals surface area contributed by atoms with E-state index in [1.807, 2.05) is 38.2 Å². The summed E-state index contributed by atoms with van der Waals surface area (Å²) in [6.45, 7) is 6.05. The Bertz CT molecular complexity index is 1250. The first-order valence-electron chi connectivity index (χ1n) is 10.5. The first-order chi connectivity index (χ1) is 14.5. The molecule has 30 heavy (non-hydrogen) atoms. The van der Waals surface area contributed by atoms with Gasteiger partial charge in [-0.2, -0.15) is 15.3 Å². The molecule has 4 heterocycles. The topological polar surface area (TPSA) is 59.2 Å². The second-order valence-corrected chi connectivity index (χ2v) is 8.45. The number of nitrogens with zero attached hydrogens (tertiary/aromatic N) is 6. The van der Waals surface area contributed by atoms with Crippen LogP contribution in [0.4, 0.5) is 4.39 Å². The second kappa shape index (κ2) is 7.40. The van der Waals surface area contributed by atoms with Crippen molar-refractivity contribution in [1.29, 1.82) is 0 Å². The molecule has 0 N–H and O–H groups in total. The number of benzene rings is 1. The summed E-state index contributed by atoms with van der Waals surface area (Å²) >= 11 is 0. The van der Waals surface area contributed by atoms with E-state index in [9.17, 15) is 0 Å². The third-order valence-electron chi connectivity index (χ3n) is 6.07. The van der Waals surface area contributed by atoms with Gasteiger partial charge in [-0.1, -0.05) is 0 Å². The highest BCUT2D eigenvalue weighted by Crippen LogP contribution is 2.30. The van der Waals surface area contributed by atoms with Crippen molar-refractivity contribution >= 4 is 16.6 Å². The fourth-order valence-corrected chi connectivity index (χ4v) is 4.39. The molecule has 0 spiro atoms. The van der Waals surface area contributed by atoms with Crippen LogP contribution in [0.2, 0.25) is 0 Å². The van der Waals surface area contributed by atoms with Crippen molar-refractivity contribution in [3.8, 4) is 11.3 Å². The van der Waals surface area contributed by atoms with Crippen LogP contribution in [0.5, 0.6) is 0 Å². The van der Waals surface area contributed by atoms with Gasteiger partial charge in [0, 0.05) is 16.9 Å². The molecule has 5 rings (SSSR count). The maximum atomic E-state index is 15.1. The summed E-state index contributed by atoms with van der Waals surface area (Å²) in [5.74, 6) is 0.0490. The molecule has 1 aromatic carbocycles. The lowest BCUT2D eigenvalue weighted by Crippen LogP contribution is -2.18. The van der Waals surface area contributed by atoms with E-state index in [1.165, 1.54) is 0 Å². The van der Waals surface area contributed by atoms with Gasteiger partial charge in [0.2, 0.25) is 0 Å². The largest absolute Gasteiger partial charge is 0.306 e. The van der Waals surface area contributed by atoms with Crippen LogP contribution in [0.15, 0.2) is 30.5 Å². The zero-order valence-electron chi connectivity index (χ0n) is 17.6. The van der Waals surface area contributed by atoms with Gasteiger partial charge in [0.25, 0.3) is 0 Å². The molecule has 1 atom stereocenters. The van der Waals surface area contributed by atoms with E-state index in [0.29, 0.717) is 28.1 Å². The molecule has 1 aliphatic rings. The number of aromatic nitrogens is 5. The Kier molecular flexibility index (Phi) is 4.70. The van der Waals surface area contributed by atoms with E-state index in [4.69, 9.17) is 0 Å². The van der Waals surface area contributed by atoms with Crippen molar-refractivity contribution in [2.24, 2.45) is 0 Å². The highest BCUT2D eigenvalue weighted by molar-refractivity contribution is 5.84. The van der Waals surface area contributed by atoms with Crippen LogP contribution in [0.1, 0.15) is 42.1 Å². The van der Waals surface area contributed by atoms with E-state index in [-0.39, 0.29) is 5.82 Å². The maximum Gasteiger partial charge on any atom is 0.156 e. The summed E-state index contributed by atoms with van der Waals surface area (Å²) < 4.78 is 16.9. The number of likely N-dealkylation sites (tertiary alicyclic amines) is 1.